The second-order valence-corrected chi connectivity index (χ2v) is 8.55. The van der Waals surface area contributed by atoms with Crippen LogP contribution >= 0.6 is 0 Å². The summed E-state index contributed by atoms with van der Waals surface area (Å²) in [4.78, 5) is 12.6. The molecule has 1 aliphatic heterocycles. The molecule has 150 valence electrons. The molecule has 0 radical (unpaired) electrons. The second kappa shape index (κ2) is 8.14. The van der Waals surface area contributed by atoms with Crippen LogP contribution in [0, 0.1) is 0 Å². The van der Waals surface area contributed by atoms with Crippen molar-refractivity contribution in [3.8, 4) is 17.2 Å². The molecule has 2 aromatic carbocycles. The zero-order valence-corrected chi connectivity index (χ0v) is 16.3. The van der Waals surface area contributed by atoms with Crippen LogP contribution in [0.3, 0.4) is 0 Å². The van der Waals surface area contributed by atoms with Crippen molar-refractivity contribution >= 4 is 15.8 Å². The van der Waals surface area contributed by atoms with Crippen molar-refractivity contribution in [1.82, 2.24) is 14.5 Å². The lowest BCUT2D eigenvalue weighted by Crippen LogP contribution is -2.27. The van der Waals surface area contributed by atoms with E-state index < -0.39 is 10.0 Å². The highest BCUT2D eigenvalue weighted by molar-refractivity contribution is 7.89. The molecule has 2 heterocycles. The van der Waals surface area contributed by atoms with E-state index in [4.69, 9.17) is 9.15 Å². The third-order valence-corrected chi connectivity index (χ3v) is 6.62. The van der Waals surface area contributed by atoms with Gasteiger partial charge in [0.05, 0.1) is 4.90 Å². The number of rotatable bonds is 7. The Kier molecular flexibility index (Phi) is 5.41. The molecule has 0 spiro atoms. The number of aromatic nitrogens is 2. The average Bonchev–Trinajstić information content (AvgIpc) is 3.47. The van der Waals surface area contributed by atoms with Gasteiger partial charge in [0.25, 0.3) is 0 Å². The summed E-state index contributed by atoms with van der Waals surface area (Å²) in [6.07, 6.45) is 3.01. The van der Waals surface area contributed by atoms with Crippen molar-refractivity contribution < 1.29 is 22.4 Å². The van der Waals surface area contributed by atoms with E-state index in [0.717, 1.165) is 18.4 Å². The Labute approximate surface area is 168 Å². The van der Waals surface area contributed by atoms with Crippen LogP contribution in [0.4, 0.5) is 0 Å². The first-order valence-electron chi connectivity index (χ1n) is 9.17. The van der Waals surface area contributed by atoms with Crippen molar-refractivity contribution in [3.63, 3.8) is 0 Å². The summed E-state index contributed by atoms with van der Waals surface area (Å²) in [5, 5.41) is 7.45. The number of Topliss-reactive ketones (excluding diaryl/α,β-unsaturated/α-hetero) is 1. The van der Waals surface area contributed by atoms with Gasteiger partial charge in [-0.2, -0.15) is 4.31 Å². The molecule has 1 aliphatic rings. The minimum absolute atomic E-state index is 0.155. The topological polar surface area (TPSA) is 103 Å². The fourth-order valence-electron chi connectivity index (χ4n) is 3.12. The largest absolute Gasteiger partial charge is 0.485 e. The molecule has 1 fully saturated rings. The minimum atomic E-state index is -3.49. The fraction of sp³-hybridized carbons (Fsp3) is 0.250. The minimum Gasteiger partial charge on any atom is -0.485 e. The smallest absolute Gasteiger partial charge is 0.247 e. The van der Waals surface area contributed by atoms with Crippen molar-refractivity contribution in [2.45, 2.75) is 17.7 Å². The highest BCUT2D eigenvalue weighted by Gasteiger charge is 2.27. The van der Waals surface area contributed by atoms with Gasteiger partial charge in [-0.15, -0.1) is 10.2 Å². The van der Waals surface area contributed by atoms with E-state index in [9.17, 15) is 13.2 Å². The Morgan fingerprint density at radius 1 is 1.03 bits per heavy atom. The lowest BCUT2D eigenvalue weighted by atomic mass is 10.1. The van der Waals surface area contributed by atoms with E-state index in [1.165, 1.54) is 35.0 Å². The van der Waals surface area contributed by atoms with E-state index in [1.807, 2.05) is 0 Å². The normalized spacial score (nSPS) is 14.8. The summed E-state index contributed by atoms with van der Waals surface area (Å²) in [6.45, 7) is 0.933. The summed E-state index contributed by atoms with van der Waals surface area (Å²) in [5.74, 6) is 0.683. The Morgan fingerprint density at radius 3 is 2.34 bits per heavy atom. The molecule has 0 N–H and O–H groups in total. The van der Waals surface area contributed by atoms with Crippen LogP contribution in [0.5, 0.6) is 5.75 Å². The lowest BCUT2D eigenvalue weighted by molar-refractivity contribution is 0.0921. The number of carbonyl (C=O) groups excluding carboxylic acids is 1. The SMILES string of the molecule is O=C(COc1ccc(-c2nnco2)cc1)c1ccc(S(=O)(=O)N2CCCC2)cc1. The maximum Gasteiger partial charge on any atom is 0.247 e. The lowest BCUT2D eigenvalue weighted by Gasteiger charge is -2.15. The molecule has 4 rings (SSSR count). The highest BCUT2D eigenvalue weighted by Crippen LogP contribution is 2.22. The molecule has 0 saturated carbocycles. The number of benzene rings is 2. The van der Waals surface area contributed by atoms with E-state index in [1.54, 1.807) is 24.3 Å². The molecule has 0 amide bonds. The molecular weight excluding hydrogens is 394 g/mol. The van der Waals surface area contributed by atoms with Crippen LogP contribution in [-0.4, -0.2) is 48.4 Å². The van der Waals surface area contributed by atoms with Gasteiger partial charge < -0.3 is 9.15 Å². The van der Waals surface area contributed by atoms with Crippen LogP contribution in [0.15, 0.2) is 64.2 Å². The predicted octanol–water partition coefficient (Wildman–Crippen LogP) is 2.78. The predicted molar refractivity (Wildman–Crippen MR) is 104 cm³/mol. The van der Waals surface area contributed by atoms with Gasteiger partial charge in [-0.05, 0) is 61.4 Å². The highest BCUT2D eigenvalue weighted by atomic mass is 32.2. The summed E-state index contributed by atoms with van der Waals surface area (Å²) in [5.41, 5.74) is 1.14. The fourth-order valence-corrected chi connectivity index (χ4v) is 4.63. The third kappa shape index (κ3) is 4.20. The molecule has 0 bridgehead atoms. The third-order valence-electron chi connectivity index (χ3n) is 4.71. The van der Waals surface area contributed by atoms with Gasteiger partial charge in [0, 0.05) is 24.2 Å². The summed E-state index contributed by atoms with van der Waals surface area (Å²) in [6, 6.07) is 12.9. The summed E-state index contributed by atoms with van der Waals surface area (Å²) < 4.78 is 37.2. The Bertz CT molecular complexity index is 1070. The number of carbonyl (C=O) groups is 1. The molecule has 1 saturated heterocycles. The zero-order valence-electron chi connectivity index (χ0n) is 15.5. The number of ketones is 1. The monoisotopic (exact) mass is 413 g/mol. The quantitative estimate of drug-likeness (QED) is 0.549. The average molecular weight is 413 g/mol. The van der Waals surface area contributed by atoms with Gasteiger partial charge in [0.2, 0.25) is 22.3 Å². The molecule has 0 unspecified atom stereocenters. The van der Waals surface area contributed by atoms with Crippen molar-refractivity contribution in [2.75, 3.05) is 19.7 Å². The maximum atomic E-state index is 12.5. The second-order valence-electron chi connectivity index (χ2n) is 6.62. The Hall–Kier alpha value is -3.04. The first-order valence-corrected chi connectivity index (χ1v) is 10.6. The van der Waals surface area contributed by atoms with Crippen LogP contribution < -0.4 is 4.74 Å². The first kappa shape index (κ1) is 19.3. The van der Waals surface area contributed by atoms with Gasteiger partial charge in [-0.25, -0.2) is 8.42 Å². The number of hydrogen-bond acceptors (Lipinski definition) is 7. The molecule has 9 heteroatoms. The molecule has 0 atom stereocenters. The van der Waals surface area contributed by atoms with Crippen LogP contribution in [0.1, 0.15) is 23.2 Å². The number of ether oxygens (including phenoxy) is 1. The molecule has 3 aromatic rings. The summed E-state index contributed by atoms with van der Waals surface area (Å²) >= 11 is 0. The van der Waals surface area contributed by atoms with Crippen molar-refractivity contribution in [2.24, 2.45) is 0 Å². The molecule has 8 nitrogen and oxygen atoms in total. The number of hydrogen-bond donors (Lipinski definition) is 0. The van der Waals surface area contributed by atoms with Crippen LogP contribution in [0.2, 0.25) is 0 Å². The van der Waals surface area contributed by atoms with Crippen molar-refractivity contribution in [1.29, 1.82) is 0 Å². The van der Waals surface area contributed by atoms with Gasteiger partial charge in [-0.3, -0.25) is 4.79 Å². The van der Waals surface area contributed by atoms with Gasteiger partial charge in [0.15, 0.2) is 12.4 Å². The summed E-state index contributed by atoms with van der Waals surface area (Å²) in [7, 11) is -3.49. The molecule has 29 heavy (non-hydrogen) atoms. The van der Waals surface area contributed by atoms with Crippen LogP contribution in [0.25, 0.3) is 11.5 Å². The number of sulfonamides is 1. The Morgan fingerprint density at radius 2 is 1.72 bits per heavy atom. The van der Waals surface area contributed by atoms with E-state index >= 15 is 0 Å². The van der Waals surface area contributed by atoms with Gasteiger partial charge >= 0.3 is 0 Å². The van der Waals surface area contributed by atoms with E-state index in [0.29, 0.717) is 30.3 Å². The van der Waals surface area contributed by atoms with Gasteiger partial charge in [0.1, 0.15) is 5.75 Å². The van der Waals surface area contributed by atoms with E-state index in [-0.39, 0.29) is 17.3 Å². The van der Waals surface area contributed by atoms with Gasteiger partial charge in [-0.1, -0.05) is 0 Å². The molecule has 0 aliphatic carbocycles. The molecular formula is C20H19N3O5S. The molecule has 1 aromatic heterocycles. The number of nitrogens with zero attached hydrogens (tertiary/aromatic N) is 3. The van der Waals surface area contributed by atoms with Crippen molar-refractivity contribution in [3.05, 3.63) is 60.5 Å². The standard InChI is InChI=1S/C20H19N3O5S/c24-19(13-27-17-7-3-16(4-8-17)20-22-21-14-28-20)15-5-9-18(10-6-15)29(25,26)23-11-1-2-12-23/h3-10,14H,1-2,11-13H2. The maximum absolute atomic E-state index is 12.5. The first-order chi connectivity index (χ1) is 14.0. The van der Waals surface area contributed by atoms with Crippen LogP contribution in [-0.2, 0) is 10.0 Å². The Balaban J connectivity index is 1.37. The zero-order chi connectivity index (χ0) is 20.3. The van der Waals surface area contributed by atoms with E-state index in [2.05, 4.69) is 10.2 Å².